The largest absolute Gasteiger partial charge is 0.508 e. The smallest absolute Gasteiger partial charge is 0.211 e. The Kier molecular flexibility index (Phi) is 3.58. The lowest BCUT2D eigenvalue weighted by Crippen LogP contribution is -2.04. The molecule has 4 heteroatoms. The molecular weight excluding hydrogens is 278 g/mol. The topological polar surface area (TPSA) is 70.4 Å². The molecule has 0 aliphatic rings. The first kappa shape index (κ1) is 13.8. The van der Waals surface area contributed by atoms with Crippen LogP contribution in [0.15, 0.2) is 66.7 Å². The van der Waals surface area contributed by atoms with Gasteiger partial charge >= 0.3 is 0 Å². The number of phenols is 2. The molecule has 0 radical (unpaired) electrons. The Balaban J connectivity index is 1.97. The minimum atomic E-state index is -0.253. The van der Waals surface area contributed by atoms with Crippen molar-refractivity contribution in [3.05, 3.63) is 78.0 Å². The van der Waals surface area contributed by atoms with Crippen LogP contribution in [0.4, 0.5) is 0 Å². The quantitative estimate of drug-likeness (QED) is 0.726. The first-order chi connectivity index (χ1) is 10.6. The highest BCUT2D eigenvalue weighted by Crippen LogP contribution is 2.21. The summed E-state index contributed by atoms with van der Waals surface area (Å²) in [5, 5.41) is 18.8. The molecule has 0 aliphatic carbocycles. The van der Waals surface area contributed by atoms with Crippen LogP contribution in [0.25, 0.3) is 11.3 Å². The molecule has 0 saturated heterocycles. The molecule has 0 amide bonds. The second-order valence-electron chi connectivity index (χ2n) is 4.83. The predicted octanol–water partition coefficient (Wildman–Crippen LogP) is 3.39. The fourth-order valence-electron chi connectivity index (χ4n) is 2.15. The first-order valence-corrected chi connectivity index (χ1v) is 6.74. The highest BCUT2D eigenvalue weighted by Gasteiger charge is 2.12. The van der Waals surface area contributed by atoms with E-state index in [1.165, 1.54) is 12.1 Å². The number of rotatable bonds is 3. The maximum Gasteiger partial charge on any atom is 0.211 e. The van der Waals surface area contributed by atoms with Gasteiger partial charge in [0.2, 0.25) is 5.78 Å². The number of pyridine rings is 1. The van der Waals surface area contributed by atoms with Gasteiger partial charge in [0.05, 0.1) is 5.69 Å². The lowest BCUT2D eigenvalue weighted by Gasteiger charge is -2.05. The molecule has 0 atom stereocenters. The van der Waals surface area contributed by atoms with Crippen LogP contribution in [-0.4, -0.2) is 21.0 Å². The van der Waals surface area contributed by atoms with E-state index in [1.54, 1.807) is 54.6 Å². The van der Waals surface area contributed by atoms with Gasteiger partial charge in [0.1, 0.15) is 17.2 Å². The van der Waals surface area contributed by atoms with Crippen molar-refractivity contribution in [2.75, 3.05) is 0 Å². The monoisotopic (exact) mass is 291 g/mol. The van der Waals surface area contributed by atoms with Crippen LogP contribution >= 0.6 is 0 Å². The average Bonchev–Trinajstić information content (AvgIpc) is 2.55. The van der Waals surface area contributed by atoms with Gasteiger partial charge in [-0.1, -0.05) is 18.2 Å². The number of aromatic nitrogens is 1. The Morgan fingerprint density at radius 2 is 1.55 bits per heavy atom. The van der Waals surface area contributed by atoms with E-state index in [9.17, 15) is 15.0 Å². The molecule has 2 N–H and O–H groups in total. The number of aromatic hydroxyl groups is 2. The Morgan fingerprint density at radius 3 is 2.27 bits per heavy atom. The van der Waals surface area contributed by atoms with Gasteiger partial charge in [0.15, 0.2) is 0 Å². The van der Waals surface area contributed by atoms with E-state index in [4.69, 9.17) is 0 Å². The molecule has 22 heavy (non-hydrogen) atoms. The zero-order valence-electron chi connectivity index (χ0n) is 11.6. The average molecular weight is 291 g/mol. The summed E-state index contributed by atoms with van der Waals surface area (Å²) in [6, 6.07) is 18.0. The Hall–Kier alpha value is -3.14. The molecule has 0 unspecified atom stereocenters. The Bertz CT molecular complexity index is 826. The zero-order chi connectivity index (χ0) is 15.5. The van der Waals surface area contributed by atoms with Crippen LogP contribution in [0.1, 0.15) is 16.1 Å². The minimum Gasteiger partial charge on any atom is -0.508 e. The van der Waals surface area contributed by atoms with E-state index < -0.39 is 0 Å². The van der Waals surface area contributed by atoms with Crippen LogP contribution < -0.4 is 0 Å². The summed E-state index contributed by atoms with van der Waals surface area (Å²) in [6.07, 6.45) is 0. The SMILES string of the molecule is O=C(c1cccc(O)c1)c1cccc(-c2ccc(O)cc2)n1. The second-order valence-corrected chi connectivity index (χ2v) is 4.83. The lowest BCUT2D eigenvalue weighted by molar-refractivity contribution is 0.103. The summed E-state index contributed by atoms with van der Waals surface area (Å²) in [5.41, 5.74) is 2.14. The van der Waals surface area contributed by atoms with E-state index in [2.05, 4.69) is 4.98 Å². The molecule has 0 bridgehead atoms. The molecule has 1 heterocycles. The predicted molar refractivity (Wildman–Crippen MR) is 82.9 cm³/mol. The third-order valence-electron chi connectivity index (χ3n) is 3.25. The van der Waals surface area contributed by atoms with E-state index in [0.717, 1.165) is 5.56 Å². The number of nitrogens with zero attached hydrogens (tertiary/aromatic N) is 1. The van der Waals surface area contributed by atoms with E-state index >= 15 is 0 Å². The minimum absolute atomic E-state index is 0.0422. The summed E-state index contributed by atoms with van der Waals surface area (Å²) >= 11 is 0. The number of benzene rings is 2. The van der Waals surface area contributed by atoms with Gasteiger partial charge in [-0.2, -0.15) is 0 Å². The van der Waals surface area contributed by atoms with Crippen molar-refractivity contribution in [3.63, 3.8) is 0 Å². The molecule has 3 aromatic rings. The molecule has 108 valence electrons. The molecule has 0 fully saturated rings. The number of hydrogen-bond acceptors (Lipinski definition) is 4. The Labute approximate surface area is 127 Å². The van der Waals surface area contributed by atoms with E-state index in [-0.39, 0.29) is 17.3 Å². The lowest BCUT2D eigenvalue weighted by atomic mass is 10.1. The van der Waals surface area contributed by atoms with Crippen molar-refractivity contribution < 1.29 is 15.0 Å². The number of carbonyl (C=O) groups excluding carboxylic acids is 1. The standard InChI is InChI=1S/C18H13NO3/c20-14-9-7-12(8-10-14)16-5-2-6-17(19-16)18(22)13-3-1-4-15(21)11-13/h1-11,20-21H. The molecular formula is C18H13NO3. The third kappa shape index (κ3) is 2.81. The third-order valence-corrected chi connectivity index (χ3v) is 3.25. The van der Waals surface area contributed by atoms with Gasteiger partial charge in [-0.25, -0.2) is 4.98 Å². The Morgan fingerprint density at radius 1 is 0.818 bits per heavy atom. The fraction of sp³-hybridized carbons (Fsp3) is 0. The van der Waals surface area contributed by atoms with Gasteiger partial charge < -0.3 is 10.2 Å². The van der Waals surface area contributed by atoms with Crippen molar-refractivity contribution in [1.82, 2.24) is 4.98 Å². The van der Waals surface area contributed by atoms with Crippen molar-refractivity contribution in [2.45, 2.75) is 0 Å². The molecule has 3 rings (SSSR count). The van der Waals surface area contributed by atoms with Gasteiger partial charge in [0, 0.05) is 11.1 Å². The van der Waals surface area contributed by atoms with Gasteiger partial charge in [0.25, 0.3) is 0 Å². The highest BCUT2D eigenvalue weighted by atomic mass is 16.3. The second kappa shape index (κ2) is 5.69. The van der Waals surface area contributed by atoms with Gasteiger partial charge in [-0.05, 0) is 48.5 Å². The molecule has 0 spiro atoms. The van der Waals surface area contributed by atoms with Crippen LogP contribution in [-0.2, 0) is 0 Å². The van der Waals surface area contributed by atoms with Crippen molar-refractivity contribution in [3.8, 4) is 22.8 Å². The number of hydrogen-bond donors (Lipinski definition) is 2. The summed E-state index contributed by atoms with van der Waals surface area (Å²) in [4.78, 5) is 16.8. The first-order valence-electron chi connectivity index (χ1n) is 6.74. The van der Waals surface area contributed by atoms with Crippen molar-refractivity contribution >= 4 is 5.78 Å². The highest BCUT2D eigenvalue weighted by molar-refractivity contribution is 6.08. The van der Waals surface area contributed by atoms with Crippen LogP contribution in [0.5, 0.6) is 11.5 Å². The van der Waals surface area contributed by atoms with Crippen molar-refractivity contribution in [1.29, 1.82) is 0 Å². The van der Waals surface area contributed by atoms with Crippen LogP contribution in [0.3, 0.4) is 0 Å². The molecule has 0 saturated carbocycles. The molecule has 4 nitrogen and oxygen atoms in total. The molecule has 2 aromatic carbocycles. The van der Waals surface area contributed by atoms with Gasteiger partial charge in [-0.15, -0.1) is 0 Å². The fourth-order valence-corrected chi connectivity index (χ4v) is 2.15. The zero-order valence-corrected chi connectivity index (χ0v) is 11.6. The molecule has 0 aliphatic heterocycles. The summed E-state index contributed by atoms with van der Waals surface area (Å²) in [6.45, 7) is 0. The number of phenolic OH excluding ortho intramolecular Hbond substituents is 2. The maximum absolute atomic E-state index is 12.4. The number of carbonyl (C=O) groups is 1. The van der Waals surface area contributed by atoms with Crippen LogP contribution in [0, 0.1) is 0 Å². The number of ketones is 1. The summed E-state index contributed by atoms with van der Waals surface area (Å²) in [7, 11) is 0. The van der Waals surface area contributed by atoms with Crippen LogP contribution in [0.2, 0.25) is 0 Å². The van der Waals surface area contributed by atoms with Gasteiger partial charge in [-0.3, -0.25) is 4.79 Å². The molecule has 1 aromatic heterocycles. The van der Waals surface area contributed by atoms with Crippen molar-refractivity contribution in [2.24, 2.45) is 0 Å². The summed E-state index contributed by atoms with van der Waals surface area (Å²) < 4.78 is 0. The van der Waals surface area contributed by atoms with E-state index in [1.807, 2.05) is 0 Å². The summed E-state index contributed by atoms with van der Waals surface area (Å²) in [5.74, 6) is -0.0344. The van der Waals surface area contributed by atoms with E-state index in [0.29, 0.717) is 17.0 Å². The maximum atomic E-state index is 12.4. The normalized spacial score (nSPS) is 10.4.